The number of aryl methyl sites for hydroxylation is 1. The third kappa shape index (κ3) is 1.75. The van der Waals surface area contributed by atoms with Crippen molar-refractivity contribution < 1.29 is 10.2 Å². The Balaban J connectivity index is 1.72. The van der Waals surface area contributed by atoms with Crippen molar-refractivity contribution in [2.45, 2.75) is 63.9 Å². The van der Waals surface area contributed by atoms with Crippen molar-refractivity contribution in [1.29, 1.82) is 0 Å². The van der Waals surface area contributed by atoms with E-state index in [-0.39, 0.29) is 5.41 Å². The van der Waals surface area contributed by atoms with Gasteiger partial charge in [0.1, 0.15) is 5.75 Å². The Morgan fingerprint density at radius 2 is 1.90 bits per heavy atom. The number of phenolic OH excluding ortho intramolecular Hbond substituents is 1. The van der Waals surface area contributed by atoms with Crippen LogP contribution in [0.4, 0.5) is 0 Å². The molecule has 0 bridgehead atoms. The number of aromatic hydroxyl groups is 1. The van der Waals surface area contributed by atoms with E-state index in [2.05, 4.69) is 19.9 Å². The summed E-state index contributed by atoms with van der Waals surface area (Å²) in [6.45, 7) is 4.38. The molecule has 3 aliphatic rings. The first-order valence-electron chi connectivity index (χ1n) is 8.46. The minimum Gasteiger partial charge on any atom is -0.508 e. The largest absolute Gasteiger partial charge is 0.508 e. The van der Waals surface area contributed by atoms with Crippen LogP contribution in [0.2, 0.25) is 0 Å². The molecule has 5 atom stereocenters. The molecule has 21 heavy (non-hydrogen) atoms. The van der Waals surface area contributed by atoms with Crippen LogP contribution in [0.1, 0.15) is 63.0 Å². The van der Waals surface area contributed by atoms with Crippen molar-refractivity contribution >= 4 is 0 Å². The minimum absolute atomic E-state index is 0.0998. The lowest BCUT2D eigenvalue weighted by atomic mass is 9.53. The Bertz CT molecular complexity index is 577. The topological polar surface area (TPSA) is 40.5 Å². The summed E-state index contributed by atoms with van der Waals surface area (Å²) in [6.07, 6.45) is 6.76. The Hall–Kier alpha value is -1.02. The predicted octanol–water partition coefficient (Wildman–Crippen LogP) is 4.00. The lowest BCUT2D eigenvalue weighted by molar-refractivity contribution is -0.0901. The second-order valence-electron chi connectivity index (χ2n) is 8.07. The SMILES string of the molecule is C[C@@]1(O)CC[C@@H]2[C@H]3CCc4cc(O)ccc4[C@@H]3CC[C@]21C. The van der Waals surface area contributed by atoms with E-state index < -0.39 is 5.60 Å². The zero-order chi connectivity index (χ0) is 14.8. The van der Waals surface area contributed by atoms with Gasteiger partial charge >= 0.3 is 0 Å². The highest BCUT2D eigenvalue weighted by Crippen LogP contribution is 2.64. The van der Waals surface area contributed by atoms with Crippen molar-refractivity contribution in [2.24, 2.45) is 17.3 Å². The first-order valence-corrected chi connectivity index (χ1v) is 8.46. The van der Waals surface area contributed by atoms with E-state index >= 15 is 0 Å². The molecule has 0 spiro atoms. The second-order valence-corrected chi connectivity index (χ2v) is 8.07. The zero-order valence-electron chi connectivity index (χ0n) is 13.1. The predicted molar refractivity (Wildman–Crippen MR) is 83.3 cm³/mol. The smallest absolute Gasteiger partial charge is 0.115 e. The molecule has 1 aromatic carbocycles. The van der Waals surface area contributed by atoms with Crippen molar-refractivity contribution in [3.05, 3.63) is 29.3 Å². The molecule has 4 rings (SSSR count). The maximum absolute atomic E-state index is 10.8. The molecule has 0 saturated heterocycles. The summed E-state index contributed by atoms with van der Waals surface area (Å²) in [5.74, 6) is 2.42. The normalized spacial score (nSPS) is 44.8. The fourth-order valence-electron chi connectivity index (χ4n) is 5.81. The fourth-order valence-corrected chi connectivity index (χ4v) is 5.81. The molecule has 114 valence electrons. The van der Waals surface area contributed by atoms with Crippen LogP contribution in [-0.4, -0.2) is 15.8 Å². The van der Waals surface area contributed by atoms with E-state index in [4.69, 9.17) is 0 Å². The Labute approximate surface area is 127 Å². The van der Waals surface area contributed by atoms with Gasteiger partial charge in [-0.2, -0.15) is 0 Å². The first-order chi connectivity index (χ1) is 9.92. The highest BCUT2D eigenvalue weighted by Gasteiger charge is 2.59. The van der Waals surface area contributed by atoms with Crippen LogP contribution in [0.5, 0.6) is 5.75 Å². The van der Waals surface area contributed by atoms with Gasteiger partial charge in [-0.05, 0) is 91.9 Å². The number of benzene rings is 1. The molecular weight excluding hydrogens is 260 g/mol. The molecule has 0 aliphatic heterocycles. The quantitative estimate of drug-likeness (QED) is 0.757. The average molecular weight is 286 g/mol. The van der Waals surface area contributed by atoms with Crippen molar-refractivity contribution in [1.82, 2.24) is 0 Å². The molecule has 0 radical (unpaired) electrons. The first kappa shape index (κ1) is 13.6. The molecule has 2 N–H and O–H groups in total. The lowest BCUT2D eigenvalue weighted by Crippen LogP contribution is -2.49. The van der Waals surface area contributed by atoms with Crippen LogP contribution < -0.4 is 0 Å². The van der Waals surface area contributed by atoms with Gasteiger partial charge in [-0.3, -0.25) is 0 Å². The molecule has 0 aromatic heterocycles. The van der Waals surface area contributed by atoms with E-state index in [9.17, 15) is 10.2 Å². The maximum atomic E-state index is 10.8. The summed E-state index contributed by atoms with van der Waals surface area (Å²) < 4.78 is 0. The summed E-state index contributed by atoms with van der Waals surface area (Å²) >= 11 is 0. The standard InChI is InChI=1S/C19H26O2/c1-18-9-7-15-14-6-4-13(20)11-12(14)3-5-16(15)17(18)8-10-19(18,2)21/h4,6,11,15-17,20-21H,3,5,7-10H2,1-2H3/t15-,16-,17+,18+,19+/m0/s1. The van der Waals surface area contributed by atoms with Crippen LogP contribution in [0.25, 0.3) is 0 Å². The van der Waals surface area contributed by atoms with Gasteiger partial charge in [0.15, 0.2) is 0 Å². The molecule has 2 saturated carbocycles. The van der Waals surface area contributed by atoms with Crippen LogP contribution >= 0.6 is 0 Å². The van der Waals surface area contributed by atoms with Gasteiger partial charge in [0.05, 0.1) is 5.60 Å². The van der Waals surface area contributed by atoms with Gasteiger partial charge in [-0.1, -0.05) is 13.0 Å². The van der Waals surface area contributed by atoms with Crippen molar-refractivity contribution in [3.8, 4) is 5.75 Å². The Morgan fingerprint density at radius 3 is 2.71 bits per heavy atom. The van der Waals surface area contributed by atoms with Gasteiger partial charge in [-0.15, -0.1) is 0 Å². The highest BCUT2D eigenvalue weighted by molar-refractivity contribution is 5.40. The number of rotatable bonds is 0. The van der Waals surface area contributed by atoms with E-state index in [1.54, 1.807) is 0 Å². The Kier molecular flexibility index (Phi) is 2.76. The highest BCUT2D eigenvalue weighted by atomic mass is 16.3. The molecule has 0 heterocycles. The fraction of sp³-hybridized carbons (Fsp3) is 0.684. The molecule has 0 amide bonds. The molecule has 0 unspecified atom stereocenters. The monoisotopic (exact) mass is 286 g/mol. The summed E-state index contributed by atoms with van der Waals surface area (Å²) in [4.78, 5) is 0. The number of hydrogen-bond donors (Lipinski definition) is 2. The third-order valence-corrected chi connectivity index (χ3v) is 7.27. The molecule has 1 aromatic rings. The number of phenols is 1. The minimum atomic E-state index is -0.488. The lowest BCUT2D eigenvalue weighted by Gasteiger charge is -2.52. The van der Waals surface area contributed by atoms with Crippen LogP contribution in [0.15, 0.2) is 18.2 Å². The molecule has 3 aliphatic carbocycles. The number of fused-ring (bicyclic) bond motifs is 5. The molecule has 2 fully saturated rings. The van der Waals surface area contributed by atoms with Crippen LogP contribution in [0, 0.1) is 17.3 Å². The number of hydrogen-bond acceptors (Lipinski definition) is 2. The van der Waals surface area contributed by atoms with E-state index in [1.165, 1.54) is 30.4 Å². The van der Waals surface area contributed by atoms with Gasteiger partial charge in [0, 0.05) is 0 Å². The summed E-state index contributed by atoms with van der Waals surface area (Å²) in [5.41, 5.74) is 2.43. The van der Waals surface area contributed by atoms with Crippen molar-refractivity contribution in [3.63, 3.8) is 0 Å². The number of aliphatic hydroxyl groups is 1. The average Bonchev–Trinajstić information content (AvgIpc) is 2.69. The molecular formula is C19H26O2. The van der Waals surface area contributed by atoms with Gasteiger partial charge in [0.25, 0.3) is 0 Å². The summed E-state index contributed by atoms with van der Waals surface area (Å²) in [7, 11) is 0. The van der Waals surface area contributed by atoms with Gasteiger partial charge in [0.2, 0.25) is 0 Å². The summed E-state index contributed by atoms with van der Waals surface area (Å²) in [5, 5.41) is 20.5. The second kappa shape index (κ2) is 4.25. The van der Waals surface area contributed by atoms with Crippen LogP contribution in [0.3, 0.4) is 0 Å². The van der Waals surface area contributed by atoms with E-state index in [0.717, 1.165) is 25.2 Å². The van der Waals surface area contributed by atoms with E-state index in [1.807, 2.05) is 12.1 Å². The molecule has 2 nitrogen and oxygen atoms in total. The van der Waals surface area contributed by atoms with Gasteiger partial charge < -0.3 is 10.2 Å². The maximum Gasteiger partial charge on any atom is 0.115 e. The van der Waals surface area contributed by atoms with Gasteiger partial charge in [-0.25, -0.2) is 0 Å². The summed E-state index contributed by atoms with van der Waals surface area (Å²) in [6, 6.07) is 5.96. The molecule has 2 heteroatoms. The van der Waals surface area contributed by atoms with E-state index in [0.29, 0.717) is 17.6 Å². The zero-order valence-corrected chi connectivity index (χ0v) is 13.1. The van der Waals surface area contributed by atoms with Crippen molar-refractivity contribution in [2.75, 3.05) is 0 Å². The Morgan fingerprint density at radius 1 is 1.10 bits per heavy atom. The van der Waals surface area contributed by atoms with Crippen LogP contribution in [-0.2, 0) is 6.42 Å². The third-order valence-electron chi connectivity index (χ3n) is 7.27.